The van der Waals surface area contributed by atoms with E-state index >= 15 is 0 Å². The van der Waals surface area contributed by atoms with Gasteiger partial charge in [0.05, 0.1) is 12.2 Å². The fourth-order valence-corrected chi connectivity index (χ4v) is 2.77. The number of carbonyl (C=O) groups excluding carboxylic acids is 3. The van der Waals surface area contributed by atoms with E-state index in [1.165, 1.54) is 4.90 Å². The van der Waals surface area contributed by atoms with Crippen molar-refractivity contribution in [2.24, 2.45) is 0 Å². The van der Waals surface area contributed by atoms with Gasteiger partial charge in [-0.05, 0) is 24.6 Å². The monoisotopic (exact) mass is 371 g/mol. The number of aryl methyl sites for hydroxylation is 1. The number of likely N-dealkylation sites (N-methyl/N-ethyl adjacent to an activating group) is 1. The number of nitrogens with one attached hydrogen (secondary N) is 2. The number of nitrogens with zero attached hydrogens (tertiary/aromatic N) is 5. The van der Waals surface area contributed by atoms with Gasteiger partial charge < -0.3 is 20.1 Å². The lowest BCUT2D eigenvalue weighted by molar-refractivity contribution is -0.116. The van der Waals surface area contributed by atoms with Crippen LogP contribution in [0.15, 0.2) is 30.6 Å². The summed E-state index contributed by atoms with van der Waals surface area (Å²) in [5.74, 6) is 0.358. The quantitative estimate of drug-likeness (QED) is 0.746. The van der Waals surface area contributed by atoms with E-state index in [9.17, 15) is 14.4 Å². The Labute approximate surface area is 156 Å². The number of benzene rings is 1. The molecule has 0 spiro atoms. The summed E-state index contributed by atoms with van der Waals surface area (Å²) in [6.07, 6.45) is 2.57. The Hall–Kier alpha value is -3.43. The van der Waals surface area contributed by atoms with Crippen molar-refractivity contribution in [1.29, 1.82) is 0 Å². The van der Waals surface area contributed by atoms with Crippen LogP contribution in [0.1, 0.15) is 19.2 Å². The molecule has 10 nitrogen and oxygen atoms in total. The van der Waals surface area contributed by atoms with Crippen LogP contribution in [0.25, 0.3) is 0 Å². The van der Waals surface area contributed by atoms with E-state index in [0.717, 1.165) is 17.9 Å². The van der Waals surface area contributed by atoms with Gasteiger partial charge in [0.15, 0.2) is 5.82 Å². The number of urea groups is 2. The van der Waals surface area contributed by atoms with Crippen molar-refractivity contribution < 1.29 is 14.4 Å². The van der Waals surface area contributed by atoms with Gasteiger partial charge in [0.2, 0.25) is 0 Å². The molecule has 142 valence electrons. The predicted octanol–water partition coefficient (Wildman–Crippen LogP) is 1.41. The van der Waals surface area contributed by atoms with Gasteiger partial charge >= 0.3 is 12.1 Å². The number of imide groups is 1. The topological polar surface area (TPSA) is 112 Å². The predicted molar refractivity (Wildman–Crippen MR) is 98.1 cm³/mol. The standard InChI is InChI=1S/C17H21N7O3/c1-3-7-23-11-19-21-14(23)9-18-16(26)20-12-5-4-6-13(8-12)24-15(25)10-22(2)17(24)27/h4-6,8,11H,3,7,9-10H2,1-2H3,(H2,18,20,26). The number of amides is 5. The molecular weight excluding hydrogens is 350 g/mol. The molecule has 0 aliphatic carbocycles. The number of aromatic nitrogens is 3. The first-order valence-electron chi connectivity index (χ1n) is 8.59. The minimum absolute atomic E-state index is 0.0371. The minimum atomic E-state index is -0.422. The molecule has 1 aromatic carbocycles. The Morgan fingerprint density at radius 1 is 1.30 bits per heavy atom. The highest BCUT2D eigenvalue weighted by atomic mass is 16.2. The highest BCUT2D eigenvalue weighted by Gasteiger charge is 2.34. The average molecular weight is 371 g/mol. The third-order valence-electron chi connectivity index (χ3n) is 4.07. The Morgan fingerprint density at radius 2 is 2.11 bits per heavy atom. The molecule has 1 fully saturated rings. The SMILES string of the molecule is CCCn1cnnc1CNC(=O)Nc1cccc(N2C(=O)CN(C)C2=O)c1. The number of hydrogen-bond donors (Lipinski definition) is 2. The second kappa shape index (κ2) is 7.85. The first kappa shape index (κ1) is 18.4. The fraction of sp³-hybridized carbons (Fsp3) is 0.353. The third-order valence-corrected chi connectivity index (χ3v) is 4.07. The van der Waals surface area contributed by atoms with Crippen molar-refractivity contribution in [3.05, 3.63) is 36.4 Å². The van der Waals surface area contributed by atoms with Gasteiger partial charge in [-0.2, -0.15) is 0 Å². The van der Waals surface area contributed by atoms with Crippen molar-refractivity contribution in [3.8, 4) is 0 Å². The van der Waals surface area contributed by atoms with Gasteiger partial charge in [0, 0.05) is 19.3 Å². The van der Waals surface area contributed by atoms with E-state index in [-0.39, 0.29) is 19.0 Å². The maximum absolute atomic E-state index is 12.2. The molecule has 2 aromatic rings. The summed E-state index contributed by atoms with van der Waals surface area (Å²) in [7, 11) is 1.56. The van der Waals surface area contributed by atoms with Crippen LogP contribution in [0, 0.1) is 0 Å². The van der Waals surface area contributed by atoms with E-state index < -0.39 is 12.1 Å². The van der Waals surface area contributed by atoms with E-state index in [1.807, 2.05) is 11.5 Å². The molecule has 1 aliphatic rings. The van der Waals surface area contributed by atoms with E-state index in [0.29, 0.717) is 17.2 Å². The normalized spacial score (nSPS) is 14.0. The van der Waals surface area contributed by atoms with Crippen LogP contribution < -0.4 is 15.5 Å². The molecule has 2 heterocycles. The van der Waals surface area contributed by atoms with Crippen LogP contribution in [0.3, 0.4) is 0 Å². The fourth-order valence-electron chi connectivity index (χ4n) is 2.77. The summed E-state index contributed by atoms with van der Waals surface area (Å²) in [6, 6.07) is 5.75. The summed E-state index contributed by atoms with van der Waals surface area (Å²) < 4.78 is 1.88. The zero-order valence-corrected chi connectivity index (χ0v) is 15.2. The molecule has 3 rings (SSSR count). The molecule has 0 atom stereocenters. The van der Waals surface area contributed by atoms with Crippen LogP contribution in [-0.2, 0) is 17.9 Å². The van der Waals surface area contributed by atoms with Crippen LogP contribution in [0.4, 0.5) is 21.0 Å². The minimum Gasteiger partial charge on any atom is -0.331 e. The molecule has 1 aromatic heterocycles. The summed E-state index contributed by atoms with van der Waals surface area (Å²) in [5, 5.41) is 13.2. The molecule has 0 saturated carbocycles. The van der Waals surface area contributed by atoms with E-state index in [1.54, 1.807) is 37.6 Å². The van der Waals surface area contributed by atoms with Crippen LogP contribution in [0.2, 0.25) is 0 Å². The summed E-state index contributed by atoms with van der Waals surface area (Å²) in [4.78, 5) is 38.7. The number of carbonyl (C=O) groups is 3. The largest absolute Gasteiger partial charge is 0.331 e. The number of rotatable bonds is 6. The molecule has 0 radical (unpaired) electrons. The molecule has 10 heteroatoms. The lowest BCUT2D eigenvalue weighted by Gasteiger charge is -2.15. The maximum Gasteiger partial charge on any atom is 0.331 e. The second-order valence-corrected chi connectivity index (χ2v) is 6.17. The Bertz CT molecular complexity index is 864. The molecule has 0 unspecified atom stereocenters. The molecule has 2 N–H and O–H groups in total. The van der Waals surface area contributed by atoms with Crippen LogP contribution in [0.5, 0.6) is 0 Å². The number of anilines is 2. The molecule has 1 saturated heterocycles. The molecule has 0 bridgehead atoms. The number of hydrogen-bond acceptors (Lipinski definition) is 5. The summed E-state index contributed by atoms with van der Waals surface area (Å²) in [5.41, 5.74) is 0.880. The highest BCUT2D eigenvalue weighted by molar-refractivity contribution is 6.19. The van der Waals surface area contributed by atoms with Crippen LogP contribution >= 0.6 is 0 Å². The first-order chi connectivity index (χ1) is 13.0. The van der Waals surface area contributed by atoms with E-state index in [2.05, 4.69) is 20.8 Å². The first-order valence-corrected chi connectivity index (χ1v) is 8.59. The maximum atomic E-state index is 12.2. The van der Waals surface area contributed by atoms with Gasteiger partial charge in [-0.3, -0.25) is 4.79 Å². The van der Waals surface area contributed by atoms with E-state index in [4.69, 9.17) is 0 Å². The van der Waals surface area contributed by atoms with Crippen molar-refractivity contribution >= 4 is 29.3 Å². The van der Waals surface area contributed by atoms with Gasteiger partial charge in [-0.15, -0.1) is 10.2 Å². The molecule has 27 heavy (non-hydrogen) atoms. The summed E-state index contributed by atoms with van der Waals surface area (Å²) >= 11 is 0. The molecular formula is C17H21N7O3. The Morgan fingerprint density at radius 3 is 2.81 bits per heavy atom. The van der Waals surface area contributed by atoms with Gasteiger partial charge in [-0.1, -0.05) is 13.0 Å². The van der Waals surface area contributed by atoms with Gasteiger partial charge in [0.25, 0.3) is 5.91 Å². The van der Waals surface area contributed by atoms with Crippen LogP contribution in [-0.4, -0.2) is 51.2 Å². The smallest absolute Gasteiger partial charge is 0.331 e. The zero-order chi connectivity index (χ0) is 19.4. The third kappa shape index (κ3) is 4.05. The van der Waals surface area contributed by atoms with Gasteiger partial charge in [-0.25, -0.2) is 14.5 Å². The lowest BCUT2D eigenvalue weighted by Crippen LogP contribution is -2.32. The van der Waals surface area contributed by atoms with Gasteiger partial charge in [0.1, 0.15) is 12.9 Å². The van der Waals surface area contributed by atoms with Crippen molar-refractivity contribution in [1.82, 2.24) is 25.0 Å². The second-order valence-electron chi connectivity index (χ2n) is 6.17. The highest BCUT2D eigenvalue weighted by Crippen LogP contribution is 2.23. The Balaban J connectivity index is 1.62. The van der Waals surface area contributed by atoms with Crippen molar-refractivity contribution in [2.45, 2.75) is 26.4 Å². The molecule has 1 aliphatic heterocycles. The average Bonchev–Trinajstić information content (AvgIpc) is 3.17. The van der Waals surface area contributed by atoms with Crippen molar-refractivity contribution in [3.63, 3.8) is 0 Å². The Kier molecular flexibility index (Phi) is 5.34. The lowest BCUT2D eigenvalue weighted by atomic mass is 10.2. The summed E-state index contributed by atoms with van der Waals surface area (Å²) in [6.45, 7) is 3.10. The molecule has 5 amide bonds. The van der Waals surface area contributed by atoms with Crippen molar-refractivity contribution in [2.75, 3.05) is 23.8 Å². The zero-order valence-electron chi connectivity index (χ0n) is 15.2.